The Kier molecular flexibility index (Phi) is 4.60. The maximum Gasteiger partial charge on any atom is 0.265 e. The van der Waals surface area contributed by atoms with Crippen LogP contribution in [0.5, 0.6) is 5.75 Å². The number of carbonyl (C=O) groups is 1. The Morgan fingerprint density at radius 1 is 1.11 bits per heavy atom. The molecule has 2 unspecified atom stereocenters. The van der Waals surface area contributed by atoms with Crippen LogP contribution in [0, 0.1) is 5.92 Å². The number of anilines is 1. The lowest BCUT2D eigenvalue weighted by molar-refractivity contribution is 0.0394. The summed E-state index contributed by atoms with van der Waals surface area (Å²) < 4.78 is 37.0. The van der Waals surface area contributed by atoms with Gasteiger partial charge in [-0.2, -0.15) is 5.10 Å². The van der Waals surface area contributed by atoms with Crippen molar-refractivity contribution in [2.75, 3.05) is 25.5 Å². The third-order valence-electron chi connectivity index (χ3n) is 8.07. The Hall–Kier alpha value is -3.42. The average Bonchev–Trinajstić information content (AvgIpc) is 3.27. The number of nitrogens with zero attached hydrogens (tertiary/aromatic N) is 3. The van der Waals surface area contributed by atoms with E-state index in [1.54, 1.807) is 42.5 Å². The van der Waals surface area contributed by atoms with Crippen LogP contribution in [-0.2, 0) is 11.0 Å². The van der Waals surface area contributed by atoms with Gasteiger partial charge in [-0.1, -0.05) is 42.5 Å². The number of aromatic nitrogens is 2. The summed E-state index contributed by atoms with van der Waals surface area (Å²) in [6, 6.07) is 16.9. The molecule has 6 rings (SSSR count). The summed E-state index contributed by atoms with van der Waals surface area (Å²) >= 11 is 0. The van der Waals surface area contributed by atoms with Gasteiger partial charge in [0.25, 0.3) is 11.8 Å². The molecule has 1 saturated carbocycles. The Bertz CT molecular complexity index is 1290. The fourth-order valence-electron chi connectivity index (χ4n) is 6.09. The number of carbonyl (C=O) groups excluding carboxylic acids is 1. The van der Waals surface area contributed by atoms with Crippen LogP contribution in [0.3, 0.4) is 0 Å². The van der Waals surface area contributed by atoms with E-state index >= 15 is 0 Å². The lowest BCUT2D eigenvalue weighted by Crippen LogP contribution is -2.40. The molecule has 0 spiro atoms. The SMILES string of the molecule is COc1ccc(C23CN(C(=O)c4cnn5c4N[C@@H](c4ccccc4)CC5(C)C)CC2C3(F)F)cc1. The van der Waals surface area contributed by atoms with Crippen LogP contribution in [0.2, 0.25) is 0 Å². The number of hydrogen-bond donors (Lipinski definition) is 1. The number of likely N-dealkylation sites (tertiary alicyclic amines) is 1. The summed E-state index contributed by atoms with van der Waals surface area (Å²) in [5.41, 5.74) is 0.440. The number of piperidine rings is 1. The van der Waals surface area contributed by atoms with Crippen molar-refractivity contribution >= 4 is 11.7 Å². The first-order valence-corrected chi connectivity index (χ1v) is 11.9. The van der Waals surface area contributed by atoms with Crippen molar-refractivity contribution in [1.29, 1.82) is 0 Å². The largest absolute Gasteiger partial charge is 0.497 e. The molecule has 1 aromatic heterocycles. The molecule has 1 amide bonds. The molecule has 35 heavy (non-hydrogen) atoms. The zero-order valence-electron chi connectivity index (χ0n) is 20.0. The second-order valence-electron chi connectivity index (χ2n) is 10.5. The second kappa shape index (κ2) is 7.29. The Labute approximate surface area is 202 Å². The van der Waals surface area contributed by atoms with Crippen molar-refractivity contribution < 1.29 is 18.3 Å². The third-order valence-corrected chi connectivity index (χ3v) is 8.07. The number of benzene rings is 2. The topological polar surface area (TPSA) is 59.4 Å². The van der Waals surface area contributed by atoms with Gasteiger partial charge in [-0.3, -0.25) is 4.79 Å². The fourth-order valence-corrected chi connectivity index (χ4v) is 6.09. The van der Waals surface area contributed by atoms with E-state index in [1.807, 2.05) is 22.9 Å². The van der Waals surface area contributed by atoms with E-state index in [0.717, 1.165) is 12.0 Å². The quantitative estimate of drug-likeness (QED) is 0.583. The van der Waals surface area contributed by atoms with Crippen molar-refractivity contribution in [3.8, 4) is 5.75 Å². The van der Waals surface area contributed by atoms with Gasteiger partial charge >= 0.3 is 0 Å². The molecule has 0 bridgehead atoms. The Balaban J connectivity index is 1.30. The van der Waals surface area contributed by atoms with Crippen LogP contribution in [0.25, 0.3) is 0 Å². The highest BCUT2D eigenvalue weighted by atomic mass is 19.3. The van der Waals surface area contributed by atoms with Crippen LogP contribution < -0.4 is 10.1 Å². The number of alkyl halides is 2. The molecule has 182 valence electrons. The third kappa shape index (κ3) is 3.04. The molecular formula is C27H28F2N4O2. The van der Waals surface area contributed by atoms with Gasteiger partial charge in [-0.05, 0) is 43.5 Å². The lowest BCUT2D eigenvalue weighted by atomic mass is 9.89. The number of halogens is 2. The van der Waals surface area contributed by atoms with E-state index in [2.05, 4.69) is 36.4 Å². The summed E-state index contributed by atoms with van der Waals surface area (Å²) in [7, 11) is 1.54. The van der Waals surface area contributed by atoms with Crippen molar-refractivity contribution in [2.45, 2.75) is 43.2 Å². The molecule has 3 aromatic rings. The van der Waals surface area contributed by atoms with Crippen LogP contribution in [0.15, 0.2) is 60.8 Å². The van der Waals surface area contributed by atoms with Gasteiger partial charge in [0.2, 0.25) is 0 Å². The van der Waals surface area contributed by atoms with Gasteiger partial charge in [-0.25, -0.2) is 13.5 Å². The maximum atomic E-state index is 15.0. The summed E-state index contributed by atoms with van der Waals surface area (Å²) in [6.45, 7) is 4.19. The van der Waals surface area contributed by atoms with Gasteiger partial charge in [0.1, 0.15) is 17.1 Å². The van der Waals surface area contributed by atoms with Gasteiger partial charge in [0.05, 0.1) is 36.2 Å². The van der Waals surface area contributed by atoms with E-state index in [1.165, 1.54) is 0 Å². The van der Waals surface area contributed by atoms with Gasteiger partial charge in [0.15, 0.2) is 0 Å². The molecule has 6 nitrogen and oxygen atoms in total. The first kappa shape index (κ1) is 22.1. The molecule has 1 N–H and O–H groups in total. The van der Waals surface area contributed by atoms with Gasteiger partial charge < -0.3 is 15.0 Å². The van der Waals surface area contributed by atoms with E-state index in [9.17, 15) is 13.6 Å². The van der Waals surface area contributed by atoms with Gasteiger partial charge in [-0.15, -0.1) is 0 Å². The number of rotatable bonds is 4. The molecule has 3 atom stereocenters. The molecular weight excluding hydrogens is 450 g/mol. The standard InChI is InChI=1S/C27H28F2N4O2/c1-25(2)13-21(17-7-5-4-6-8-17)31-23-20(14-30-33(23)25)24(34)32-15-22-26(16-32,27(22,28)29)18-9-11-19(35-3)12-10-18/h4-12,14,21-22,31H,13,15-16H2,1-3H3/t21-,22?,26?/m1/s1. The number of amides is 1. The van der Waals surface area contributed by atoms with Crippen LogP contribution in [0.1, 0.15) is 47.8 Å². The molecule has 1 aliphatic carbocycles. The van der Waals surface area contributed by atoms with Crippen molar-refractivity contribution in [1.82, 2.24) is 14.7 Å². The second-order valence-corrected chi connectivity index (χ2v) is 10.5. The van der Waals surface area contributed by atoms with Crippen LogP contribution >= 0.6 is 0 Å². The summed E-state index contributed by atoms with van der Waals surface area (Å²) in [5, 5.41) is 8.03. The summed E-state index contributed by atoms with van der Waals surface area (Å²) in [5.74, 6) is -2.73. The van der Waals surface area contributed by atoms with E-state index in [0.29, 0.717) is 22.7 Å². The molecule has 8 heteroatoms. The minimum absolute atomic E-state index is 0.0175. The van der Waals surface area contributed by atoms with Crippen molar-refractivity contribution in [3.05, 3.63) is 77.5 Å². The average molecular weight is 479 g/mol. The minimum Gasteiger partial charge on any atom is -0.497 e. The smallest absolute Gasteiger partial charge is 0.265 e. The minimum atomic E-state index is -2.84. The summed E-state index contributed by atoms with van der Waals surface area (Å²) in [6.07, 6.45) is 2.37. The predicted molar refractivity (Wildman–Crippen MR) is 128 cm³/mol. The predicted octanol–water partition coefficient (Wildman–Crippen LogP) is 4.84. The van der Waals surface area contributed by atoms with E-state index in [4.69, 9.17) is 4.74 Å². The summed E-state index contributed by atoms with van der Waals surface area (Å²) in [4.78, 5) is 15.2. The molecule has 2 aliphatic heterocycles. The number of methoxy groups -OCH3 is 1. The van der Waals surface area contributed by atoms with Crippen molar-refractivity contribution in [3.63, 3.8) is 0 Å². The molecule has 0 radical (unpaired) electrons. The van der Waals surface area contributed by atoms with Crippen LogP contribution in [-0.4, -0.2) is 46.7 Å². The highest BCUT2D eigenvalue weighted by Crippen LogP contribution is 2.70. The number of hydrogen-bond acceptors (Lipinski definition) is 4. The van der Waals surface area contributed by atoms with E-state index in [-0.39, 0.29) is 30.6 Å². The molecule has 3 heterocycles. The number of ether oxygens (including phenoxy) is 1. The van der Waals surface area contributed by atoms with Gasteiger partial charge in [0, 0.05) is 13.1 Å². The number of fused-ring (bicyclic) bond motifs is 2. The van der Waals surface area contributed by atoms with Crippen LogP contribution in [0.4, 0.5) is 14.6 Å². The monoisotopic (exact) mass is 478 g/mol. The lowest BCUT2D eigenvalue weighted by Gasteiger charge is -2.38. The van der Waals surface area contributed by atoms with E-state index < -0.39 is 17.3 Å². The maximum absolute atomic E-state index is 15.0. The highest BCUT2D eigenvalue weighted by molar-refractivity contribution is 5.99. The Morgan fingerprint density at radius 3 is 2.51 bits per heavy atom. The zero-order chi connectivity index (χ0) is 24.6. The fraction of sp³-hybridized carbons (Fsp3) is 0.407. The molecule has 2 fully saturated rings. The first-order valence-electron chi connectivity index (χ1n) is 11.9. The first-order chi connectivity index (χ1) is 16.7. The molecule has 2 aromatic carbocycles. The Morgan fingerprint density at radius 2 is 1.83 bits per heavy atom. The van der Waals surface area contributed by atoms with Crippen molar-refractivity contribution in [2.24, 2.45) is 5.92 Å². The normalized spacial score (nSPS) is 27.5. The molecule has 1 saturated heterocycles. The highest BCUT2D eigenvalue weighted by Gasteiger charge is 2.84. The molecule has 3 aliphatic rings. The zero-order valence-corrected chi connectivity index (χ0v) is 20.0. The number of nitrogens with one attached hydrogen (secondary N) is 1.